The quantitative estimate of drug-likeness (QED) is 0.547. The molecule has 1 N–H and O–H groups in total. The number of urea groups is 1. The summed E-state index contributed by atoms with van der Waals surface area (Å²) in [7, 11) is 0. The van der Waals surface area contributed by atoms with Crippen molar-refractivity contribution in [2.45, 2.75) is 13.1 Å². The van der Waals surface area contributed by atoms with Crippen LogP contribution in [0.1, 0.15) is 11.1 Å². The van der Waals surface area contributed by atoms with Crippen molar-refractivity contribution in [3.63, 3.8) is 0 Å². The molecule has 0 aliphatic rings. The topological polar surface area (TPSA) is 58.1 Å². The Bertz CT molecular complexity index is 1020. The van der Waals surface area contributed by atoms with Gasteiger partial charge < -0.3 is 10.2 Å². The van der Waals surface area contributed by atoms with Gasteiger partial charge in [-0.3, -0.25) is 9.97 Å². The van der Waals surface area contributed by atoms with Crippen LogP contribution in [0.25, 0.3) is 10.8 Å². The van der Waals surface area contributed by atoms with Crippen LogP contribution in [0.2, 0.25) is 0 Å². The van der Waals surface area contributed by atoms with Crippen molar-refractivity contribution in [1.82, 2.24) is 14.9 Å². The highest BCUT2D eigenvalue weighted by atomic mass is 16.2. The molecule has 4 aromatic rings. The van der Waals surface area contributed by atoms with Gasteiger partial charge in [0.2, 0.25) is 0 Å². The lowest BCUT2D eigenvalue weighted by Gasteiger charge is -2.23. The molecule has 2 aromatic heterocycles. The fourth-order valence-corrected chi connectivity index (χ4v) is 3.15. The molecule has 0 unspecified atom stereocenters. The van der Waals surface area contributed by atoms with Crippen molar-refractivity contribution >= 4 is 22.5 Å². The second kappa shape index (κ2) is 8.31. The first kappa shape index (κ1) is 17.7. The van der Waals surface area contributed by atoms with Crippen LogP contribution in [-0.2, 0) is 13.1 Å². The summed E-state index contributed by atoms with van der Waals surface area (Å²) in [5.41, 5.74) is 2.80. The third kappa shape index (κ3) is 4.15. The predicted octanol–water partition coefficient (Wildman–Crippen LogP) is 4.86. The molecule has 0 aliphatic heterocycles. The van der Waals surface area contributed by atoms with Gasteiger partial charge >= 0.3 is 6.03 Å². The van der Waals surface area contributed by atoms with Gasteiger partial charge in [-0.05, 0) is 40.8 Å². The van der Waals surface area contributed by atoms with Crippen molar-refractivity contribution in [2.24, 2.45) is 0 Å². The summed E-state index contributed by atoms with van der Waals surface area (Å²) in [4.78, 5) is 23.1. The molecule has 2 amide bonds. The molecule has 0 fully saturated rings. The molecule has 5 heteroatoms. The van der Waals surface area contributed by atoms with Crippen molar-refractivity contribution in [3.8, 4) is 0 Å². The van der Waals surface area contributed by atoms with Gasteiger partial charge in [0, 0.05) is 43.3 Å². The molecular formula is C23H20N4O. The number of aromatic nitrogens is 2. The first-order chi connectivity index (χ1) is 13.8. The van der Waals surface area contributed by atoms with Gasteiger partial charge in [0.15, 0.2) is 0 Å². The maximum absolute atomic E-state index is 13.1. The van der Waals surface area contributed by atoms with Crippen LogP contribution in [0.4, 0.5) is 10.5 Å². The average Bonchev–Trinajstić information content (AvgIpc) is 2.75. The number of benzene rings is 2. The van der Waals surface area contributed by atoms with Crippen LogP contribution < -0.4 is 5.32 Å². The highest BCUT2D eigenvalue weighted by molar-refractivity contribution is 6.01. The highest BCUT2D eigenvalue weighted by Gasteiger charge is 2.16. The fourth-order valence-electron chi connectivity index (χ4n) is 3.15. The van der Waals surface area contributed by atoms with Gasteiger partial charge in [-0.2, -0.15) is 0 Å². The number of rotatable bonds is 5. The largest absolute Gasteiger partial charge is 0.322 e. The van der Waals surface area contributed by atoms with E-state index in [1.54, 1.807) is 29.7 Å². The van der Waals surface area contributed by atoms with Gasteiger partial charge in [0.05, 0.1) is 5.69 Å². The lowest BCUT2D eigenvalue weighted by Crippen LogP contribution is -2.34. The normalized spacial score (nSPS) is 10.6. The number of pyridine rings is 2. The zero-order valence-electron chi connectivity index (χ0n) is 15.3. The predicted molar refractivity (Wildman–Crippen MR) is 111 cm³/mol. The van der Waals surface area contributed by atoms with E-state index in [9.17, 15) is 4.79 Å². The monoisotopic (exact) mass is 368 g/mol. The van der Waals surface area contributed by atoms with Crippen LogP contribution in [0.5, 0.6) is 0 Å². The number of carbonyl (C=O) groups excluding carboxylic acids is 1. The van der Waals surface area contributed by atoms with E-state index in [1.807, 2.05) is 66.7 Å². The van der Waals surface area contributed by atoms with E-state index in [1.165, 1.54) is 0 Å². The van der Waals surface area contributed by atoms with Crippen LogP contribution in [0, 0.1) is 0 Å². The highest BCUT2D eigenvalue weighted by Crippen LogP contribution is 2.23. The summed E-state index contributed by atoms with van der Waals surface area (Å²) in [6.07, 6.45) is 6.98. The third-order valence-corrected chi connectivity index (χ3v) is 4.54. The Morgan fingerprint density at radius 3 is 2.39 bits per heavy atom. The lowest BCUT2D eigenvalue weighted by molar-refractivity contribution is 0.206. The van der Waals surface area contributed by atoms with Crippen LogP contribution in [0.15, 0.2) is 91.5 Å². The van der Waals surface area contributed by atoms with Gasteiger partial charge in [0.1, 0.15) is 0 Å². The molecular weight excluding hydrogens is 348 g/mol. The number of carbonyl (C=O) groups is 1. The lowest BCUT2D eigenvalue weighted by atomic mass is 10.1. The Morgan fingerprint density at radius 1 is 0.786 bits per heavy atom. The minimum absolute atomic E-state index is 0.156. The van der Waals surface area contributed by atoms with Gasteiger partial charge in [-0.1, -0.05) is 42.5 Å². The molecule has 2 heterocycles. The molecule has 0 spiro atoms. The summed E-state index contributed by atoms with van der Waals surface area (Å²) in [5.74, 6) is 0. The maximum atomic E-state index is 13.1. The van der Waals surface area contributed by atoms with Crippen LogP contribution >= 0.6 is 0 Å². The van der Waals surface area contributed by atoms with E-state index < -0.39 is 0 Å². The molecule has 0 saturated carbocycles. The number of hydrogen-bond donors (Lipinski definition) is 1. The first-order valence-corrected chi connectivity index (χ1v) is 9.11. The SMILES string of the molecule is O=C(Nc1cccc2ccccc12)N(Cc1ccncc1)Cc1cccnc1. The Balaban J connectivity index is 1.60. The van der Waals surface area contributed by atoms with E-state index >= 15 is 0 Å². The summed E-state index contributed by atoms with van der Waals surface area (Å²) >= 11 is 0. The average molecular weight is 368 g/mol. The van der Waals surface area contributed by atoms with Crippen molar-refractivity contribution in [2.75, 3.05) is 5.32 Å². The van der Waals surface area contributed by atoms with E-state index in [0.29, 0.717) is 13.1 Å². The van der Waals surface area contributed by atoms with Gasteiger partial charge in [-0.15, -0.1) is 0 Å². The fraction of sp³-hybridized carbons (Fsp3) is 0.0870. The van der Waals surface area contributed by atoms with Crippen LogP contribution in [0.3, 0.4) is 0 Å². The molecule has 2 aromatic carbocycles. The standard InChI is InChI=1S/C23H20N4O/c28-23(26-22-9-3-7-20-6-1-2-8-21(20)22)27(16-18-10-13-24-14-11-18)17-19-5-4-12-25-15-19/h1-15H,16-17H2,(H,26,28). The molecule has 28 heavy (non-hydrogen) atoms. The Morgan fingerprint density at radius 2 is 1.57 bits per heavy atom. The maximum Gasteiger partial charge on any atom is 0.322 e. The molecule has 0 atom stereocenters. The number of anilines is 1. The molecule has 138 valence electrons. The summed E-state index contributed by atoms with van der Waals surface area (Å²) in [5, 5.41) is 5.18. The summed E-state index contributed by atoms with van der Waals surface area (Å²) < 4.78 is 0. The molecule has 5 nitrogen and oxygen atoms in total. The second-order valence-electron chi connectivity index (χ2n) is 6.53. The minimum Gasteiger partial charge on any atom is -0.316 e. The number of fused-ring (bicyclic) bond motifs is 1. The summed E-state index contributed by atoms with van der Waals surface area (Å²) in [6.45, 7) is 0.945. The van der Waals surface area contributed by atoms with Gasteiger partial charge in [0.25, 0.3) is 0 Å². The van der Waals surface area contributed by atoms with Crippen molar-refractivity contribution in [1.29, 1.82) is 0 Å². The van der Waals surface area contributed by atoms with Crippen LogP contribution in [-0.4, -0.2) is 20.9 Å². The molecule has 0 saturated heterocycles. The minimum atomic E-state index is -0.156. The molecule has 0 bridgehead atoms. The van der Waals surface area contributed by atoms with Crippen molar-refractivity contribution in [3.05, 3.63) is 103 Å². The van der Waals surface area contributed by atoms with Gasteiger partial charge in [-0.25, -0.2) is 4.79 Å². The molecule has 0 radical (unpaired) electrons. The number of nitrogens with one attached hydrogen (secondary N) is 1. The Labute approximate surface area is 163 Å². The zero-order valence-corrected chi connectivity index (χ0v) is 15.3. The number of nitrogens with zero attached hydrogens (tertiary/aromatic N) is 3. The zero-order chi connectivity index (χ0) is 19.2. The molecule has 4 rings (SSSR count). The Kier molecular flexibility index (Phi) is 5.24. The summed E-state index contributed by atoms with van der Waals surface area (Å²) in [6, 6.07) is 21.5. The van der Waals surface area contributed by atoms with Crippen molar-refractivity contribution < 1.29 is 4.79 Å². The number of hydrogen-bond acceptors (Lipinski definition) is 3. The number of amides is 2. The molecule has 0 aliphatic carbocycles. The third-order valence-electron chi connectivity index (χ3n) is 4.54. The second-order valence-corrected chi connectivity index (χ2v) is 6.53. The smallest absolute Gasteiger partial charge is 0.316 e. The van der Waals surface area contributed by atoms with E-state index in [2.05, 4.69) is 15.3 Å². The van der Waals surface area contributed by atoms with E-state index in [4.69, 9.17) is 0 Å². The van der Waals surface area contributed by atoms with E-state index in [-0.39, 0.29) is 6.03 Å². The van der Waals surface area contributed by atoms with E-state index in [0.717, 1.165) is 27.6 Å². The first-order valence-electron chi connectivity index (χ1n) is 9.11. The Hall–Kier alpha value is -3.73.